The lowest BCUT2D eigenvalue weighted by molar-refractivity contribution is -0.383. The maximum Gasteiger partial charge on any atom is 0.353 e. The van der Waals surface area contributed by atoms with E-state index in [0.29, 0.717) is 6.42 Å². The molecule has 0 aliphatic heterocycles. The zero-order chi connectivity index (χ0) is 13.1. The van der Waals surface area contributed by atoms with Gasteiger partial charge in [0.25, 0.3) is 0 Å². The van der Waals surface area contributed by atoms with Crippen LogP contribution in [0.2, 0.25) is 0 Å². The Kier molecular flexibility index (Phi) is 3.79. The van der Waals surface area contributed by atoms with Crippen molar-refractivity contribution in [1.29, 1.82) is 0 Å². The molecule has 1 aromatic rings. The fourth-order valence-corrected chi connectivity index (χ4v) is 1.19. The zero-order valence-corrected chi connectivity index (χ0v) is 9.67. The van der Waals surface area contributed by atoms with Gasteiger partial charge in [-0.15, -0.1) is 0 Å². The van der Waals surface area contributed by atoms with E-state index in [1.165, 1.54) is 0 Å². The summed E-state index contributed by atoms with van der Waals surface area (Å²) in [5.41, 5.74) is 4.37. The Morgan fingerprint density at radius 3 is 2.76 bits per heavy atom. The number of aromatic nitrogens is 2. The van der Waals surface area contributed by atoms with Crippen molar-refractivity contribution in [3.05, 3.63) is 16.4 Å². The molecule has 0 bridgehead atoms. The van der Waals surface area contributed by atoms with Crippen molar-refractivity contribution in [2.24, 2.45) is 0 Å². The van der Waals surface area contributed by atoms with Crippen LogP contribution in [0, 0.1) is 10.1 Å². The fraction of sp³-hybridized carbons (Fsp3) is 0.556. The number of nitrogens with two attached hydrogens (primary N) is 1. The molecule has 0 saturated carbocycles. The summed E-state index contributed by atoms with van der Waals surface area (Å²) in [6.07, 6.45) is 1.71. The van der Waals surface area contributed by atoms with Crippen LogP contribution >= 0.6 is 0 Å². The lowest BCUT2D eigenvalue weighted by atomic mass is 10.0. The normalized spacial score (nSPS) is 14.1. The van der Waals surface area contributed by atoms with Gasteiger partial charge in [0.15, 0.2) is 0 Å². The van der Waals surface area contributed by atoms with Gasteiger partial charge in [0, 0.05) is 0 Å². The summed E-state index contributed by atoms with van der Waals surface area (Å²) in [6, 6.07) is 0. The summed E-state index contributed by atoms with van der Waals surface area (Å²) in [7, 11) is 0. The Morgan fingerprint density at radius 1 is 1.65 bits per heavy atom. The van der Waals surface area contributed by atoms with Crippen LogP contribution in [0.15, 0.2) is 6.33 Å². The molecule has 1 atom stereocenters. The van der Waals surface area contributed by atoms with Gasteiger partial charge in [-0.3, -0.25) is 10.1 Å². The first-order valence-corrected chi connectivity index (χ1v) is 5.07. The Balaban J connectivity index is 3.15. The number of aliphatic hydroxyl groups is 1. The van der Waals surface area contributed by atoms with E-state index in [9.17, 15) is 15.2 Å². The molecular formula is C9H15N5O3. The van der Waals surface area contributed by atoms with Crippen LogP contribution in [0.25, 0.3) is 0 Å². The minimum absolute atomic E-state index is 0.0147. The summed E-state index contributed by atoms with van der Waals surface area (Å²) in [6.45, 7) is 3.40. The Labute approximate surface area is 98.0 Å². The number of nitrogen functional groups attached to an aromatic ring is 1. The minimum atomic E-state index is -0.689. The highest BCUT2D eigenvalue weighted by Gasteiger charge is 2.28. The maximum atomic E-state index is 10.8. The fourth-order valence-electron chi connectivity index (χ4n) is 1.19. The van der Waals surface area contributed by atoms with Gasteiger partial charge >= 0.3 is 5.69 Å². The van der Waals surface area contributed by atoms with Crippen LogP contribution in [0.4, 0.5) is 17.3 Å². The largest absolute Gasteiger partial charge is 0.394 e. The van der Waals surface area contributed by atoms with Crippen molar-refractivity contribution in [3.8, 4) is 0 Å². The highest BCUT2D eigenvalue weighted by atomic mass is 16.6. The van der Waals surface area contributed by atoms with E-state index >= 15 is 0 Å². The second kappa shape index (κ2) is 4.91. The third-order valence-electron chi connectivity index (χ3n) is 2.58. The van der Waals surface area contributed by atoms with E-state index in [-0.39, 0.29) is 23.9 Å². The summed E-state index contributed by atoms with van der Waals surface area (Å²) < 4.78 is 0. The molecule has 0 aliphatic rings. The number of rotatable bonds is 5. The maximum absolute atomic E-state index is 10.8. The molecule has 1 unspecified atom stereocenters. The zero-order valence-electron chi connectivity index (χ0n) is 9.67. The number of anilines is 2. The summed E-state index contributed by atoms with van der Waals surface area (Å²) in [5, 5.41) is 22.9. The van der Waals surface area contributed by atoms with Crippen LogP contribution in [-0.2, 0) is 0 Å². The first-order chi connectivity index (χ1) is 7.93. The van der Waals surface area contributed by atoms with Gasteiger partial charge in [-0.25, -0.2) is 9.97 Å². The first kappa shape index (κ1) is 13.1. The molecule has 8 nitrogen and oxygen atoms in total. The molecule has 0 radical (unpaired) electrons. The standard InChI is InChI=1S/C9H15N5O3/c1-3-9(2,4-15)13-8-6(14(16)17)7(10)11-5-12-8/h5,15H,3-4H2,1-2H3,(H3,10,11,12,13). The smallest absolute Gasteiger partial charge is 0.353 e. The molecular weight excluding hydrogens is 226 g/mol. The van der Waals surface area contributed by atoms with E-state index in [1.54, 1.807) is 6.92 Å². The van der Waals surface area contributed by atoms with E-state index in [4.69, 9.17) is 5.73 Å². The molecule has 0 fully saturated rings. The molecule has 0 saturated heterocycles. The van der Waals surface area contributed by atoms with Gasteiger partial charge in [0.2, 0.25) is 11.6 Å². The highest BCUT2D eigenvalue weighted by Crippen LogP contribution is 2.29. The molecule has 1 rings (SSSR count). The van der Waals surface area contributed by atoms with Crippen LogP contribution in [0.5, 0.6) is 0 Å². The van der Waals surface area contributed by atoms with E-state index in [0.717, 1.165) is 6.33 Å². The van der Waals surface area contributed by atoms with Crippen LogP contribution in [0.3, 0.4) is 0 Å². The third-order valence-corrected chi connectivity index (χ3v) is 2.58. The number of nitrogens with zero attached hydrogens (tertiary/aromatic N) is 3. The van der Waals surface area contributed by atoms with E-state index in [1.807, 2.05) is 6.92 Å². The molecule has 8 heteroatoms. The second-order valence-electron chi connectivity index (χ2n) is 3.91. The van der Waals surface area contributed by atoms with Crippen molar-refractivity contribution < 1.29 is 10.0 Å². The summed E-state index contributed by atoms with van der Waals surface area (Å²) in [4.78, 5) is 17.6. The predicted molar refractivity (Wildman–Crippen MR) is 62.5 cm³/mol. The van der Waals surface area contributed by atoms with Crippen molar-refractivity contribution in [1.82, 2.24) is 9.97 Å². The molecule has 0 aliphatic carbocycles. The average Bonchev–Trinajstić information content (AvgIpc) is 2.28. The SMILES string of the molecule is CCC(C)(CO)Nc1ncnc(N)c1[N+](=O)[O-]. The number of hydrogen-bond donors (Lipinski definition) is 3. The van der Waals surface area contributed by atoms with E-state index < -0.39 is 10.5 Å². The lowest BCUT2D eigenvalue weighted by Crippen LogP contribution is -2.38. The Morgan fingerprint density at radius 2 is 2.29 bits per heavy atom. The number of nitrogens with one attached hydrogen (secondary N) is 1. The average molecular weight is 241 g/mol. The quantitative estimate of drug-likeness (QED) is 0.507. The van der Waals surface area contributed by atoms with E-state index in [2.05, 4.69) is 15.3 Å². The van der Waals surface area contributed by atoms with Gasteiger partial charge in [-0.2, -0.15) is 0 Å². The van der Waals surface area contributed by atoms with Gasteiger partial charge in [0.05, 0.1) is 17.1 Å². The monoisotopic (exact) mass is 241 g/mol. The predicted octanol–water partition coefficient (Wildman–Crippen LogP) is 0.540. The Bertz CT molecular complexity index is 419. The third kappa shape index (κ3) is 2.78. The molecule has 94 valence electrons. The first-order valence-electron chi connectivity index (χ1n) is 5.07. The van der Waals surface area contributed by atoms with Crippen molar-refractivity contribution in [3.63, 3.8) is 0 Å². The van der Waals surface area contributed by atoms with Gasteiger partial charge in [-0.1, -0.05) is 6.92 Å². The van der Waals surface area contributed by atoms with Gasteiger partial charge in [-0.05, 0) is 13.3 Å². The molecule has 17 heavy (non-hydrogen) atoms. The lowest BCUT2D eigenvalue weighted by Gasteiger charge is -2.27. The van der Waals surface area contributed by atoms with Crippen LogP contribution in [-0.4, -0.2) is 32.1 Å². The molecule has 0 aromatic carbocycles. The summed E-state index contributed by atoms with van der Waals surface area (Å²) in [5.74, 6) is -0.190. The molecule has 1 aromatic heterocycles. The number of nitro groups is 1. The van der Waals surface area contributed by atoms with Crippen molar-refractivity contribution in [2.75, 3.05) is 17.7 Å². The van der Waals surface area contributed by atoms with Crippen molar-refractivity contribution >= 4 is 17.3 Å². The van der Waals surface area contributed by atoms with Gasteiger partial charge in [0.1, 0.15) is 6.33 Å². The minimum Gasteiger partial charge on any atom is -0.394 e. The van der Waals surface area contributed by atoms with Crippen LogP contribution in [0.1, 0.15) is 20.3 Å². The molecule has 1 heterocycles. The number of aliphatic hydroxyl groups excluding tert-OH is 1. The van der Waals surface area contributed by atoms with Crippen molar-refractivity contribution in [2.45, 2.75) is 25.8 Å². The molecule has 4 N–H and O–H groups in total. The van der Waals surface area contributed by atoms with Gasteiger partial charge < -0.3 is 16.2 Å². The topological polar surface area (TPSA) is 127 Å². The molecule has 0 spiro atoms. The van der Waals surface area contributed by atoms with Crippen LogP contribution < -0.4 is 11.1 Å². The second-order valence-corrected chi connectivity index (χ2v) is 3.91. The Hall–Kier alpha value is -1.96. The highest BCUT2D eigenvalue weighted by molar-refractivity contribution is 5.67. The number of hydrogen-bond acceptors (Lipinski definition) is 7. The molecule has 0 amide bonds. The summed E-state index contributed by atoms with van der Waals surface area (Å²) >= 11 is 0.